The van der Waals surface area contributed by atoms with E-state index in [0.29, 0.717) is 11.4 Å². The molecule has 0 spiro atoms. The standard InChI is InChI=1S/C20H20F3N5O/c1-28-18(25-12-26-28)13-6-8-14(9-7-13)19(29)27-16(11-24)10-15-4-2-3-5-17(15)20(21,22)23/h2-9,12,16H,10-11,24H2,1H3,(H,27,29). The molecule has 3 rings (SSSR count). The molecule has 0 saturated carbocycles. The number of amides is 1. The van der Waals surface area contributed by atoms with E-state index < -0.39 is 23.7 Å². The summed E-state index contributed by atoms with van der Waals surface area (Å²) in [6.45, 7) is 0.00888. The van der Waals surface area contributed by atoms with Crippen LogP contribution >= 0.6 is 0 Å². The number of rotatable bonds is 6. The fourth-order valence-electron chi connectivity index (χ4n) is 3.03. The zero-order valence-electron chi connectivity index (χ0n) is 15.6. The van der Waals surface area contributed by atoms with Gasteiger partial charge in [0, 0.05) is 30.8 Å². The molecule has 1 heterocycles. The van der Waals surface area contributed by atoms with Crippen molar-refractivity contribution in [1.82, 2.24) is 20.1 Å². The maximum absolute atomic E-state index is 13.2. The number of nitrogens with one attached hydrogen (secondary N) is 1. The molecule has 3 aromatic rings. The maximum atomic E-state index is 13.2. The normalized spacial score (nSPS) is 12.6. The minimum Gasteiger partial charge on any atom is -0.348 e. The zero-order valence-corrected chi connectivity index (χ0v) is 15.6. The number of hydrogen-bond donors (Lipinski definition) is 2. The van der Waals surface area contributed by atoms with Gasteiger partial charge in [-0.3, -0.25) is 4.79 Å². The maximum Gasteiger partial charge on any atom is 0.416 e. The second kappa shape index (κ2) is 8.44. The fourth-order valence-corrected chi connectivity index (χ4v) is 3.03. The van der Waals surface area contributed by atoms with Gasteiger partial charge in [0.05, 0.1) is 5.56 Å². The van der Waals surface area contributed by atoms with Crippen molar-refractivity contribution in [1.29, 1.82) is 0 Å². The number of aromatic nitrogens is 3. The molecule has 29 heavy (non-hydrogen) atoms. The molecule has 1 unspecified atom stereocenters. The van der Waals surface area contributed by atoms with E-state index in [1.54, 1.807) is 36.0 Å². The van der Waals surface area contributed by atoms with E-state index in [1.165, 1.54) is 24.5 Å². The summed E-state index contributed by atoms with van der Waals surface area (Å²) in [6.07, 6.45) is -3.05. The van der Waals surface area contributed by atoms with E-state index in [-0.39, 0.29) is 18.5 Å². The molecule has 9 heteroatoms. The van der Waals surface area contributed by atoms with Gasteiger partial charge in [-0.2, -0.15) is 18.3 Å². The molecule has 0 saturated heterocycles. The lowest BCUT2D eigenvalue weighted by molar-refractivity contribution is -0.138. The molecule has 3 N–H and O–H groups in total. The van der Waals surface area contributed by atoms with Crippen LogP contribution in [0.5, 0.6) is 0 Å². The third-order valence-electron chi connectivity index (χ3n) is 4.53. The second-order valence-electron chi connectivity index (χ2n) is 6.55. The number of aryl methyl sites for hydroxylation is 1. The first-order chi connectivity index (χ1) is 13.8. The summed E-state index contributed by atoms with van der Waals surface area (Å²) in [5.74, 6) is 0.245. The van der Waals surface area contributed by atoms with Gasteiger partial charge in [-0.1, -0.05) is 30.3 Å². The number of hydrogen-bond acceptors (Lipinski definition) is 4. The van der Waals surface area contributed by atoms with Crippen LogP contribution in [0.1, 0.15) is 21.5 Å². The molecular formula is C20H20F3N5O. The molecule has 1 atom stereocenters. The second-order valence-corrected chi connectivity index (χ2v) is 6.55. The summed E-state index contributed by atoms with van der Waals surface area (Å²) < 4.78 is 41.2. The van der Waals surface area contributed by atoms with Crippen molar-refractivity contribution in [2.24, 2.45) is 12.8 Å². The third kappa shape index (κ3) is 4.80. The smallest absolute Gasteiger partial charge is 0.348 e. The van der Waals surface area contributed by atoms with Crippen molar-refractivity contribution < 1.29 is 18.0 Å². The Morgan fingerprint density at radius 2 is 1.86 bits per heavy atom. The first kappa shape index (κ1) is 20.5. The highest BCUT2D eigenvalue weighted by molar-refractivity contribution is 5.94. The van der Waals surface area contributed by atoms with Crippen LogP contribution < -0.4 is 11.1 Å². The number of nitrogens with two attached hydrogens (primary N) is 1. The SMILES string of the molecule is Cn1ncnc1-c1ccc(C(=O)NC(CN)Cc2ccccc2C(F)(F)F)cc1. The van der Waals surface area contributed by atoms with Crippen LogP contribution in [0.3, 0.4) is 0 Å². The van der Waals surface area contributed by atoms with Crippen LogP contribution in [0.4, 0.5) is 13.2 Å². The highest BCUT2D eigenvalue weighted by Crippen LogP contribution is 2.32. The summed E-state index contributed by atoms with van der Waals surface area (Å²) in [7, 11) is 1.76. The Morgan fingerprint density at radius 1 is 1.17 bits per heavy atom. The third-order valence-corrected chi connectivity index (χ3v) is 4.53. The number of carbonyl (C=O) groups is 1. The van der Waals surface area contributed by atoms with Gasteiger partial charge in [0.1, 0.15) is 6.33 Å². The highest BCUT2D eigenvalue weighted by atomic mass is 19.4. The van der Waals surface area contributed by atoms with E-state index in [4.69, 9.17) is 5.73 Å². The van der Waals surface area contributed by atoms with Crippen LogP contribution in [0.15, 0.2) is 54.9 Å². The van der Waals surface area contributed by atoms with Crippen molar-refractivity contribution in [2.75, 3.05) is 6.54 Å². The van der Waals surface area contributed by atoms with Gasteiger partial charge in [-0.25, -0.2) is 9.67 Å². The van der Waals surface area contributed by atoms with E-state index in [9.17, 15) is 18.0 Å². The Balaban J connectivity index is 1.72. The molecule has 2 aromatic carbocycles. The van der Waals surface area contributed by atoms with Crippen LogP contribution in [-0.4, -0.2) is 33.3 Å². The van der Waals surface area contributed by atoms with E-state index in [2.05, 4.69) is 15.4 Å². The zero-order chi connectivity index (χ0) is 21.0. The number of halogens is 3. The van der Waals surface area contributed by atoms with Gasteiger partial charge in [-0.15, -0.1) is 0 Å². The Bertz CT molecular complexity index is 982. The Hall–Kier alpha value is -3.20. The lowest BCUT2D eigenvalue weighted by atomic mass is 9.99. The fraction of sp³-hybridized carbons (Fsp3) is 0.250. The highest BCUT2D eigenvalue weighted by Gasteiger charge is 2.33. The van der Waals surface area contributed by atoms with Crippen LogP contribution in [-0.2, 0) is 19.6 Å². The van der Waals surface area contributed by atoms with Gasteiger partial charge >= 0.3 is 6.18 Å². The first-order valence-electron chi connectivity index (χ1n) is 8.90. The van der Waals surface area contributed by atoms with E-state index >= 15 is 0 Å². The molecule has 152 valence electrons. The van der Waals surface area contributed by atoms with E-state index in [0.717, 1.165) is 11.6 Å². The molecule has 0 aliphatic rings. The minimum absolute atomic E-state index is 0.00888. The predicted octanol–water partition coefficient (Wildman–Crippen LogP) is 2.80. The summed E-state index contributed by atoms with van der Waals surface area (Å²) in [4.78, 5) is 16.7. The lowest BCUT2D eigenvalue weighted by Crippen LogP contribution is -2.42. The average Bonchev–Trinajstić information content (AvgIpc) is 3.13. The summed E-state index contributed by atoms with van der Waals surface area (Å²) in [5, 5.41) is 6.71. The van der Waals surface area contributed by atoms with Crippen molar-refractivity contribution >= 4 is 5.91 Å². The Kier molecular flexibility index (Phi) is 5.97. The number of nitrogens with zero attached hydrogens (tertiary/aromatic N) is 3. The van der Waals surface area contributed by atoms with Crippen molar-refractivity contribution in [3.63, 3.8) is 0 Å². The minimum atomic E-state index is -4.46. The molecule has 1 aromatic heterocycles. The summed E-state index contributed by atoms with van der Waals surface area (Å²) in [5.41, 5.74) is 6.23. The van der Waals surface area contributed by atoms with Gasteiger partial charge in [0.15, 0.2) is 5.82 Å². The van der Waals surface area contributed by atoms with Crippen LogP contribution in [0, 0.1) is 0 Å². The quantitative estimate of drug-likeness (QED) is 0.663. The van der Waals surface area contributed by atoms with Crippen LogP contribution in [0.25, 0.3) is 11.4 Å². The summed E-state index contributed by atoms with van der Waals surface area (Å²) >= 11 is 0. The molecule has 0 bridgehead atoms. The number of carbonyl (C=O) groups excluding carboxylic acids is 1. The van der Waals surface area contributed by atoms with Crippen molar-refractivity contribution in [3.8, 4) is 11.4 Å². The molecule has 1 amide bonds. The molecule has 0 aliphatic heterocycles. The largest absolute Gasteiger partial charge is 0.416 e. The number of alkyl halides is 3. The molecule has 6 nitrogen and oxygen atoms in total. The molecular weight excluding hydrogens is 383 g/mol. The van der Waals surface area contributed by atoms with Crippen LogP contribution in [0.2, 0.25) is 0 Å². The van der Waals surface area contributed by atoms with Gasteiger partial charge in [-0.05, 0) is 30.2 Å². The van der Waals surface area contributed by atoms with Crippen molar-refractivity contribution in [3.05, 3.63) is 71.5 Å². The Labute approximate surface area is 165 Å². The van der Waals surface area contributed by atoms with Gasteiger partial charge in [0.2, 0.25) is 0 Å². The average molecular weight is 403 g/mol. The molecule has 0 aliphatic carbocycles. The first-order valence-corrected chi connectivity index (χ1v) is 8.90. The molecule has 0 radical (unpaired) electrons. The molecule has 0 fully saturated rings. The van der Waals surface area contributed by atoms with Gasteiger partial charge < -0.3 is 11.1 Å². The lowest BCUT2D eigenvalue weighted by Gasteiger charge is -2.20. The van der Waals surface area contributed by atoms with Gasteiger partial charge in [0.25, 0.3) is 5.91 Å². The monoisotopic (exact) mass is 403 g/mol. The Morgan fingerprint density at radius 3 is 2.45 bits per heavy atom. The predicted molar refractivity (Wildman–Crippen MR) is 102 cm³/mol. The van der Waals surface area contributed by atoms with Crippen molar-refractivity contribution in [2.45, 2.75) is 18.6 Å². The topological polar surface area (TPSA) is 85.8 Å². The number of benzene rings is 2. The summed E-state index contributed by atoms with van der Waals surface area (Å²) in [6, 6.07) is 11.4. The van der Waals surface area contributed by atoms with E-state index in [1.807, 2.05) is 0 Å².